The molecule has 10 heteroatoms. The third-order valence-corrected chi connectivity index (χ3v) is 5.33. The molecule has 0 spiro atoms. The number of aromatic nitrogens is 3. The highest BCUT2D eigenvalue weighted by atomic mass is 79.9. The molecule has 3 aromatic rings. The fraction of sp³-hybridized carbons (Fsp3) is 0.278. The van der Waals surface area contributed by atoms with Crippen molar-refractivity contribution in [2.45, 2.75) is 0 Å². The first-order valence-electron chi connectivity index (χ1n) is 8.68. The van der Waals surface area contributed by atoms with Crippen LogP contribution in [-0.2, 0) is 0 Å². The van der Waals surface area contributed by atoms with Gasteiger partial charge in [-0.15, -0.1) is 0 Å². The van der Waals surface area contributed by atoms with E-state index in [-0.39, 0.29) is 17.4 Å². The summed E-state index contributed by atoms with van der Waals surface area (Å²) in [5.74, 6) is 0.575. The van der Waals surface area contributed by atoms with Crippen LogP contribution in [0.15, 0.2) is 41.3 Å². The van der Waals surface area contributed by atoms with Crippen molar-refractivity contribution in [3.63, 3.8) is 0 Å². The van der Waals surface area contributed by atoms with E-state index in [9.17, 15) is 10.1 Å². The first-order valence-corrected chi connectivity index (χ1v) is 9.48. The van der Waals surface area contributed by atoms with Crippen molar-refractivity contribution in [1.29, 1.82) is 0 Å². The first-order chi connectivity index (χ1) is 13.5. The lowest BCUT2D eigenvalue weighted by Gasteiger charge is -2.32. The van der Waals surface area contributed by atoms with Gasteiger partial charge in [0.05, 0.1) is 4.92 Å². The number of nitro groups is 1. The lowest BCUT2D eigenvalue weighted by molar-refractivity contribution is -0.385. The van der Waals surface area contributed by atoms with Gasteiger partial charge in [0, 0.05) is 42.2 Å². The number of benzene rings is 1. The van der Waals surface area contributed by atoms with Crippen molar-refractivity contribution >= 4 is 38.3 Å². The van der Waals surface area contributed by atoms with Crippen LogP contribution in [0.1, 0.15) is 0 Å². The van der Waals surface area contributed by atoms with Gasteiger partial charge in [-0.2, -0.15) is 4.98 Å². The molecule has 1 fully saturated rings. The van der Waals surface area contributed by atoms with E-state index in [4.69, 9.17) is 4.74 Å². The summed E-state index contributed by atoms with van der Waals surface area (Å²) >= 11 is 3.48. The highest BCUT2D eigenvalue weighted by Crippen LogP contribution is 2.39. The maximum absolute atomic E-state index is 11.8. The third kappa shape index (κ3) is 3.48. The number of halogens is 1. The second-order valence-electron chi connectivity index (χ2n) is 6.45. The number of hydrogen-bond acceptors (Lipinski definition) is 8. The normalized spacial score (nSPS) is 15.0. The van der Waals surface area contributed by atoms with Crippen LogP contribution in [0.3, 0.4) is 0 Å². The van der Waals surface area contributed by atoms with Crippen LogP contribution in [0.4, 0.5) is 11.5 Å². The minimum Gasteiger partial charge on any atom is -0.431 e. The lowest BCUT2D eigenvalue weighted by atomic mass is 10.2. The van der Waals surface area contributed by atoms with Gasteiger partial charge >= 0.3 is 11.6 Å². The predicted octanol–water partition coefficient (Wildman–Crippen LogP) is 3.24. The zero-order valence-electron chi connectivity index (χ0n) is 15.1. The Morgan fingerprint density at radius 1 is 1.14 bits per heavy atom. The molecule has 0 bridgehead atoms. The summed E-state index contributed by atoms with van der Waals surface area (Å²) in [5, 5.41) is 12.7. The Morgan fingerprint density at radius 3 is 2.68 bits per heavy atom. The summed E-state index contributed by atoms with van der Waals surface area (Å²) in [6.45, 7) is 2.91. The molecule has 1 aliphatic heterocycles. The Balaban J connectivity index is 1.76. The number of ether oxygens (including phenoxy) is 1. The molecule has 1 saturated heterocycles. The van der Waals surface area contributed by atoms with E-state index in [1.165, 1.54) is 6.33 Å². The number of nitrogens with zero attached hydrogens (tertiary/aromatic N) is 6. The molecule has 0 amide bonds. The molecular formula is C18H17BrN6O3. The molecule has 4 rings (SSSR count). The standard InChI is InChI=1S/C18H17BrN6O3/c1-23-7-9-24(10-8-23)17-16(25(26)27)18(22-11-21-17)28-14-5-4-13(19)12-3-2-6-20-15(12)14/h2-6,11H,7-10H2,1H3. The summed E-state index contributed by atoms with van der Waals surface area (Å²) in [6.07, 6.45) is 2.94. The minimum absolute atomic E-state index is 0.0943. The number of piperazine rings is 1. The molecular weight excluding hydrogens is 428 g/mol. The fourth-order valence-corrected chi connectivity index (χ4v) is 3.59. The second-order valence-corrected chi connectivity index (χ2v) is 7.30. The quantitative estimate of drug-likeness (QED) is 0.446. The number of rotatable bonds is 4. The van der Waals surface area contributed by atoms with E-state index in [1.807, 2.05) is 30.1 Å². The monoisotopic (exact) mass is 444 g/mol. The van der Waals surface area contributed by atoms with Crippen LogP contribution in [0.2, 0.25) is 0 Å². The maximum Gasteiger partial charge on any atom is 0.373 e. The van der Waals surface area contributed by atoms with Crippen molar-refractivity contribution in [1.82, 2.24) is 19.9 Å². The second kappa shape index (κ2) is 7.64. The number of pyridine rings is 1. The summed E-state index contributed by atoms with van der Waals surface area (Å²) in [4.78, 5) is 28.0. The number of likely N-dealkylation sites (N-methyl/N-ethyl adjacent to an activating group) is 1. The van der Waals surface area contributed by atoms with Gasteiger partial charge in [0.15, 0.2) is 5.75 Å². The highest BCUT2D eigenvalue weighted by Gasteiger charge is 2.30. The smallest absolute Gasteiger partial charge is 0.373 e. The van der Waals surface area contributed by atoms with Gasteiger partial charge in [0.2, 0.25) is 5.82 Å². The molecule has 0 atom stereocenters. The lowest BCUT2D eigenvalue weighted by Crippen LogP contribution is -2.45. The van der Waals surface area contributed by atoms with Gasteiger partial charge < -0.3 is 14.5 Å². The van der Waals surface area contributed by atoms with Gasteiger partial charge in [-0.25, -0.2) is 4.98 Å². The first kappa shape index (κ1) is 18.5. The van der Waals surface area contributed by atoms with E-state index >= 15 is 0 Å². The average Bonchev–Trinajstić information content (AvgIpc) is 2.70. The van der Waals surface area contributed by atoms with Crippen molar-refractivity contribution in [3.8, 4) is 11.6 Å². The molecule has 2 aromatic heterocycles. The van der Waals surface area contributed by atoms with Crippen LogP contribution in [0.25, 0.3) is 10.9 Å². The van der Waals surface area contributed by atoms with E-state index in [0.717, 1.165) is 22.9 Å². The number of fused-ring (bicyclic) bond motifs is 1. The zero-order chi connectivity index (χ0) is 19.7. The summed E-state index contributed by atoms with van der Waals surface area (Å²) < 4.78 is 6.74. The van der Waals surface area contributed by atoms with Gasteiger partial charge in [0.25, 0.3) is 0 Å². The van der Waals surface area contributed by atoms with Crippen molar-refractivity contribution in [2.75, 3.05) is 38.1 Å². The Labute approximate surface area is 169 Å². The van der Waals surface area contributed by atoms with Gasteiger partial charge in [-0.05, 0) is 25.2 Å². The summed E-state index contributed by atoms with van der Waals surface area (Å²) in [7, 11) is 2.02. The Kier molecular flexibility index (Phi) is 5.05. The van der Waals surface area contributed by atoms with Crippen LogP contribution in [-0.4, -0.2) is 58.0 Å². The Hall–Kier alpha value is -2.85. The topological polar surface area (TPSA) is 97.5 Å². The molecule has 28 heavy (non-hydrogen) atoms. The van der Waals surface area contributed by atoms with Crippen LogP contribution < -0.4 is 9.64 Å². The zero-order valence-corrected chi connectivity index (χ0v) is 16.7. The number of hydrogen-bond donors (Lipinski definition) is 0. The molecule has 9 nitrogen and oxygen atoms in total. The molecule has 0 N–H and O–H groups in total. The van der Waals surface area contributed by atoms with Crippen molar-refractivity contribution in [2.24, 2.45) is 0 Å². The molecule has 3 heterocycles. The predicted molar refractivity (Wildman–Crippen MR) is 108 cm³/mol. The van der Waals surface area contributed by atoms with E-state index < -0.39 is 4.92 Å². The van der Waals surface area contributed by atoms with Gasteiger partial charge in [-0.3, -0.25) is 15.1 Å². The SMILES string of the molecule is CN1CCN(c2ncnc(Oc3ccc(Br)c4cccnc34)c2[N+](=O)[O-])CC1. The third-order valence-electron chi connectivity index (χ3n) is 4.64. The maximum atomic E-state index is 11.8. The average molecular weight is 445 g/mol. The van der Waals surface area contributed by atoms with Gasteiger partial charge in [-0.1, -0.05) is 22.0 Å². The van der Waals surface area contributed by atoms with Gasteiger partial charge in [0.1, 0.15) is 11.8 Å². The molecule has 144 valence electrons. The molecule has 0 unspecified atom stereocenters. The molecule has 0 saturated carbocycles. The molecule has 0 radical (unpaired) electrons. The van der Waals surface area contributed by atoms with Crippen molar-refractivity contribution in [3.05, 3.63) is 51.4 Å². The van der Waals surface area contributed by atoms with Crippen LogP contribution in [0.5, 0.6) is 11.6 Å². The number of anilines is 1. The highest BCUT2D eigenvalue weighted by molar-refractivity contribution is 9.10. The molecule has 0 aliphatic carbocycles. The summed E-state index contributed by atoms with van der Waals surface area (Å²) in [5.41, 5.74) is 0.352. The Bertz CT molecular complexity index is 1040. The van der Waals surface area contributed by atoms with Crippen molar-refractivity contribution < 1.29 is 9.66 Å². The molecule has 1 aromatic carbocycles. The minimum atomic E-state index is -0.489. The largest absolute Gasteiger partial charge is 0.431 e. The molecule has 1 aliphatic rings. The van der Waals surface area contributed by atoms with E-state index in [1.54, 1.807) is 12.3 Å². The summed E-state index contributed by atoms with van der Waals surface area (Å²) in [6, 6.07) is 7.23. The van der Waals surface area contributed by atoms with Crippen LogP contribution >= 0.6 is 15.9 Å². The Morgan fingerprint density at radius 2 is 1.93 bits per heavy atom. The van der Waals surface area contributed by atoms with E-state index in [0.29, 0.717) is 24.4 Å². The fourth-order valence-electron chi connectivity index (χ4n) is 3.14. The van der Waals surface area contributed by atoms with Crippen LogP contribution in [0, 0.1) is 10.1 Å². The van der Waals surface area contributed by atoms with E-state index in [2.05, 4.69) is 35.8 Å².